The van der Waals surface area contributed by atoms with Crippen molar-refractivity contribution in [3.8, 4) is 11.8 Å². The molecule has 3 heterocycles. The van der Waals surface area contributed by atoms with Crippen LogP contribution in [-0.4, -0.2) is 65.6 Å². The summed E-state index contributed by atoms with van der Waals surface area (Å²) in [5.41, 5.74) is 3.13. The standard InChI is InChI=1S/C21H22N6O2/c1-26-8-6-18(17-5-7-23-14-24-17)25-21(26)27-9-10-29-20(13-27)16-4-3-15(12-22)11-19(16)28-2/h3-8,11,14,20-21H,9-10,13H2,1-2H3. The Hall–Kier alpha value is -3.28. The lowest BCUT2D eigenvalue weighted by atomic mass is 10.0. The molecular weight excluding hydrogens is 368 g/mol. The van der Waals surface area contributed by atoms with E-state index < -0.39 is 0 Å². The zero-order valence-corrected chi connectivity index (χ0v) is 16.4. The van der Waals surface area contributed by atoms with Gasteiger partial charge in [0.2, 0.25) is 0 Å². The van der Waals surface area contributed by atoms with E-state index in [4.69, 9.17) is 19.7 Å². The molecule has 8 nitrogen and oxygen atoms in total. The second-order valence-corrected chi connectivity index (χ2v) is 6.86. The highest BCUT2D eigenvalue weighted by molar-refractivity contribution is 6.07. The third-order valence-electron chi connectivity index (χ3n) is 5.06. The first kappa shape index (κ1) is 19.1. The Morgan fingerprint density at radius 3 is 2.97 bits per heavy atom. The second kappa shape index (κ2) is 8.39. The molecule has 0 spiro atoms. The van der Waals surface area contributed by atoms with Gasteiger partial charge in [-0.1, -0.05) is 6.07 Å². The van der Waals surface area contributed by atoms with Crippen LogP contribution in [-0.2, 0) is 4.74 Å². The van der Waals surface area contributed by atoms with Crippen molar-refractivity contribution in [3.63, 3.8) is 0 Å². The fraction of sp³-hybridized carbons (Fsp3) is 0.333. The van der Waals surface area contributed by atoms with Gasteiger partial charge in [0.25, 0.3) is 0 Å². The topological polar surface area (TPSA) is 86.9 Å². The van der Waals surface area contributed by atoms with Gasteiger partial charge in [0, 0.05) is 38.1 Å². The predicted octanol–water partition coefficient (Wildman–Crippen LogP) is 1.96. The van der Waals surface area contributed by atoms with E-state index >= 15 is 0 Å². The highest BCUT2D eigenvalue weighted by Crippen LogP contribution is 2.32. The molecule has 29 heavy (non-hydrogen) atoms. The lowest BCUT2D eigenvalue weighted by Crippen LogP contribution is -2.50. The number of allylic oxidation sites excluding steroid dienone is 1. The van der Waals surface area contributed by atoms with Crippen LogP contribution in [0.25, 0.3) is 0 Å². The monoisotopic (exact) mass is 390 g/mol. The zero-order valence-electron chi connectivity index (χ0n) is 16.4. The molecule has 2 aliphatic rings. The Morgan fingerprint density at radius 2 is 2.21 bits per heavy atom. The van der Waals surface area contributed by atoms with Crippen LogP contribution in [0.5, 0.6) is 5.75 Å². The number of nitriles is 1. The van der Waals surface area contributed by atoms with Crippen molar-refractivity contribution < 1.29 is 9.47 Å². The average molecular weight is 390 g/mol. The van der Waals surface area contributed by atoms with E-state index in [1.165, 1.54) is 6.33 Å². The minimum atomic E-state index is -0.163. The highest BCUT2D eigenvalue weighted by atomic mass is 16.5. The van der Waals surface area contributed by atoms with Crippen LogP contribution in [0.1, 0.15) is 22.9 Å². The molecule has 148 valence electrons. The van der Waals surface area contributed by atoms with Crippen molar-refractivity contribution in [2.45, 2.75) is 12.4 Å². The van der Waals surface area contributed by atoms with Crippen LogP contribution in [0.3, 0.4) is 0 Å². The zero-order chi connectivity index (χ0) is 20.2. The average Bonchev–Trinajstić information content (AvgIpc) is 2.79. The smallest absolute Gasteiger partial charge is 0.178 e. The Bertz CT molecular complexity index is 969. The molecule has 0 bridgehead atoms. The Labute approximate surface area is 169 Å². The summed E-state index contributed by atoms with van der Waals surface area (Å²) in [4.78, 5) is 17.6. The van der Waals surface area contributed by atoms with E-state index in [1.54, 1.807) is 25.4 Å². The Kier molecular flexibility index (Phi) is 5.51. The molecule has 2 unspecified atom stereocenters. The molecule has 0 N–H and O–H groups in total. The summed E-state index contributed by atoms with van der Waals surface area (Å²) in [6, 6.07) is 9.45. The maximum absolute atomic E-state index is 9.14. The third-order valence-corrected chi connectivity index (χ3v) is 5.06. The molecule has 0 saturated carbocycles. The quantitative estimate of drug-likeness (QED) is 0.789. The summed E-state index contributed by atoms with van der Waals surface area (Å²) >= 11 is 0. The van der Waals surface area contributed by atoms with E-state index in [0.29, 0.717) is 24.5 Å². The summed E-state index contributed by atoms with van der Waals surface area (Å²) in [6.45, 7) is 2.00. The van der Waals surface area contributed by atoms with Gasteiger partial charge in [-0.3, -0.25) is 4.90 Å². The van der Waals surface area contributed by atoms with Crippen molar-refractivity contribution in [2.24, 2.45) is 4.99 Å². The predicted molar refractivity (Wildman–Crippen MR) is 107 cm³/mol. The van der Waals surface area contributed by atoms with E-state index in [-0.39, 0.29) is 12.4 Å². The minimum absolute atomic E-state index is 0.152. The molecule has 0 aliphatic carbocycles. The second-order valence-electron chi connectivity index (χ2n) is 6.86. The summed E-state index contributed by atoms with van der Waals surface area (Å²) in [5.74, 6) is 0.665. The molecule has 4 rings (SSSR count). The number of aliphatic imine (C=N–C) groups is 1. The molecule has 0 radical (unpaired) electrons. The maximum Gasteiger partial charge on any atom is 0.178 e. The van der Waals surface area contributed by atoms with Crippen molar-refractivity contribution in [1.29, 1.82) is 5.26 Å². The molecule has 1 fully saturated rings. The molecule has 1 aromatic carbocycles. The van der Waals surface area contributed by atoms with Crippen LogP contribution < -0.4 is 4.74 Å². The van der Waals surface area contributed by atoms with E-state index in [2.05, 4.69) is 25.8 Å². The minimum Gasteiger partial charge on any atom is -0.496 e. The fourth-order valence-electron chi connectivity index (χ4n) is 3.57. The summed E-state index contributed by atoms with van der Waals surface area (Å²) in [6.07, 6.45) is 6.90. The molecule has 0 amide bonds. The van der Waals surface area contributed by atoms with Gasteiger partial charge in [-0.2, -0.15) is 5.26 Å². The van der Waals surface area contributed by atoms with Crippen molar-refractivity contribution in [1.82, 2.24) is 19.8 Å². The number of ether oxygens (including phenoxy) is 2. The molecule has 2 aliphatic heterocycles. The van der Waals surface area contributed by atoms with Crippen LogP contribution in [0.4, 0.5) is 0 Å². The number of hydrogen-bond donors (Lipinski definition) is 0. The number of morpholine rings is 1. The van der Waals surface area contributed by atoms with Gasteiger partial charge in [0.15, 0.2) is 6.29 Å². The van der Waals surface area contributed by atoms with Gasteiger partial charge in [-0.25, -0.2) is 15.0 Å². The van der Waals surface area contributed by atoms with E-state index in [1.807, 2.05) is 31.5 Å². The van der Waals surface area contributed by atoms with Gasteiger partial charge < -0.3 is 14.4 Å². The first-order valence-electron chi connectivity index (χ1n) is 9.37. The van der Waals surface area contributed by atoms with Crippen molar-refractivity contribution >= 4 is 5.71 Å². The lowest BCUT2D eigenvalue weighted by Gasteiger charge is -2.41. The van der Waals surface area contributed by atoms with Gasteiger partial charge in [0.05, 0.1) is 42.9 Å². The van der Waals surface area contributed by atoms with Crippen LogP contribution in [0.15, 0.2) is 54.1 Å². The number of nitrogens with zero attached hydrogens (tertiary/aromatic N) is 6. The number of hydrogen-bond acceptors (Lipinski definition) is 8. The summed E-state index contributed by atoms with van der Waals surface area (Å²) < 4.78 is 11.5. The first-order valence-corrected chi connectivity index (χ1v) is 9.37. The third kappa shape index (κ3) is 3.97. The van der Waals surface area contributed by atoms with Gasteiger partial charge in [-0.05, 0) is 24.3 Å². The molecule has 1 saturated heterocycles. The molecule has 2 aromatic rings. The van der Waals surface area contributed by atoms with Crippen LogP contribution >= 0.6 is 0 Å². The van der Waals surface area contributed by atoms with Gasteiger partial charge >= 0.3 is 0 Å². The summed E-state index contributed by atoms with van der Waals surface area (Å²) in [7, 11) is 3.62. The molecule has 2 atom stereocenters. The maximum atomic E-state index is 9.14. The molecule has 1 aromatic heterocycles. The normalized spacial score (nSPS) is 22.1. The Morgan fingerprint density at radius 1 is 1.31 bits per heavy atom. The summed E-state index contributed by atoms with van der Waals surface area (Å²) in [5, 5.41) is 9.14. The largest absolute Gasteiger partial charge is 0.496 e. The fourth-order valence-corrected chi connectivity index (χ4v) is 3.57. The van der Waals surface area contributed by atoms with Crippen LogP contribution in [0.2, 0.25) is 0 Å². The van der Waals surface area contributed by atoms with Crippen LogP contribution in [0, 0.1) is 11.3 Å². The number of aromatic nitrogens is 2. The Balaban J connectivity index is 1.57. The van der Waals surface area contributed by atoms with Gasteiger partial charge in [-0.15, -0.1) is 0 Å². The number of rotatable bonds is 4. The van der Waals surface area contributed by atoms with Gasteiger partial charge in [0.1, 0.15) is 12.1 Å². The lowest BCUT2D eigenvalue weighted by molar-refractivity contribution is -0.0639. The number of benzene rings is 1. The molecule has 8 heteroatoms. The van der Waals surface area contributed by atoms with Crippen molar-refractivity contribution in [2.75, 3.05) is 33.9 Å². The number of methoxy groups -OCH3 is 1. The van der Waals surface area contributed by atoms with Crippen molar-refractivity contribution in [3.05, 3.63) is 65.9 Å². The SMILES string of the molecule is COc1cc(C#N)ccc1C1CN(C2N=C(c3ccncn3)C=CN2C)CCO1. The molecular formula is C21H22N6O2. The van der Waals surface area contributed by atoms with E-state index in [0.717, 1.165) is 23.5 Å². The highest BCUT2D eigenvalue weighted by Gasteiger charge is 2.31. The van der Waals surface area contributed by atoms with E-state index in [9.17, 15) is 0 Å². The first-order chi connectivity index (χ1) is 14.2.